The van der Waals surface area contributed by atoms with Gasteiger partial charge in [-0.3, -0.25) is 0 Å². The Morgan fingerprint density at radius 3 is 1.07 bits per heavy atom. The summed E-state index contributed by atoms with van der Waals surface area (Å²) in [7, 11) is 1.93. The first-order valence-electron chi connectivity index (χ1n) is 10.1. The minimum atomic E-state index is 1.04. The van der Waals surface area contributed by atoms with Gasteiger partial charge in [0.15, 0.2) is 0 Å². The van der Waals surface area contributed by atoms with E-state index in [1.54, 1.807) is 0 Å². The topological polar surface area (TPSA) is 12.0 Å². The Morgan fingerprint density at radius 1 is 0.481 bits per heavy atom. The van der Waals surface area contributed by atoms with Gasteiger partial charge in [0.2, 0.25) is 0 Å². The molecule has 0 aliphatic carbocycles. The molecule has 0 amide bonds. The first kappa shape index (κ1) is 20.8. The van der Waals surface area contributed by atoms with E-state index in [0.717, 1.165) is 25.7 Å². The van der Waals surface area contributed by atoms with Crippen LogP contribution in [0.3, 0.4) is 0 Å². The van der Waals surface area contributed by atoms with E-state index in [9.17, 15) is 0 Å². The van der Waals surface area contributed by atoms with Gasteiger partial charge in [0.25, 0.3) is 0 Å². The highest BCUT2D eigenvalue weighted by Gasteiger charge is 1.97. The summed E-state index contributed by atoms with van der Waals surface area (Å²) in [5.74, 6) is 0. The van der Waals surface area contributed by atoms with Crippen molar-refractivity contribution in [3.05, 3.63) is 101 Å². The van der Waals surface area contributed by atoms with E-state index in [0.29, 0.717) is 0 Å². The van der Waals surface area contributed by atoms with Crippen LogP contribution in [0.1, 0.15) is 48.6 Å². The number of benzene rings is 3. The second-order valence-corrected chi connectivity index (χ2v) is 6.82. The van der Waals surface area contributed by atoms with Gasteiger partial charge in [0, 0.05) is 12.7 Å². The fraction of sp³-hybridized carbons (Fsp3) is 0.308. The Morgan fingerprint density at radius 2 is 0.778 bits per heavy atom. The fourth-order valence-electron chi connectivity index (χ4n) is 2.93. The third-order valence-electron chi connectivity index (χ3n) is 4.92. The Balaban J connectivity index is 0.000000223. The number of nitrogens with one attached hydrogen (secondary N) is 1. The normalized spacial score (nSPS) is 10.1. The van der Waals surface area contributed by atoms with Gasteiger partial charge in [0.05, 0.1) is 0 Å². The second kappa shape index (κ2) is 11.2. The van der Waals surface area contributed by atoms with Crippen LogP contribution in [0.5, 0.6) is 0 Å². The Labute approximate surface area is 165 Å². The average Bonchev–Trinajstić information content (AvgIpc) is 2.75. The van der Waals surface area contributed by atoms with E-state index in [1.165, 1.54) is 33.5 Å². The summed E-state index contributed by atoms with van der Waals surface area (Å²) in [5, 5.41) is 3.08. The molecule has 0 atom stereocenters. The lowest BCUT2D eigenvalue weighted by Gasteiger charge is -2.04. The molecule has 142 valence electrons. The van der Waals surface area contributed by atoms with Gasteiger partial charge in [-0.1, -0.05) is 81.4 Å². The van der Waals surface area contributed by atoms with Crippen LogP contribution in [0.25, 0.3) is 0 Å². The summed E-state index contributed by atoms with van der Waals surface area (Å²) in [5.41, 5.74) is 8.18. The predicted molar refractivity (Wildman–Crippen MR) is 120 cm³/mol. The molecule has 0 fully saturated rings. The van der Waals surface area contributed by atoms with E-state index in [1.807, 2.05) is 7.05 Å². The standard InChI is InChI=1S/C17H20.C9H13N/c1-3-14-5-9-16(10-6-14)13-17-11-7-15(4-2)8-12-17;1-3-8-4-6-9(10-2)7-5-8/h5-12H,3-4,13H2,1-2H3;4-7,10H,3H2,1-2H3. The van der Waals surface area contributed by atoms with Gasteiger partial charge >= 0.3 is 0 Å². The lowest BCUT2D eigenvalue weighted by molar-refractivity contribution is 1.11. The molecule has 0 aliphatic rings. The number of hydrogen-bond acceptors (Lipinski definition) is 1. The van der Waals surface area contributed by atoms with Crippen molar-refractivity contribution in [2.45, 2.75) is 46.5 Å². The molecule has 0 aromatic heterocycles. The van der Waals surface area contributed by atoms with Crippen LogP contribution in [0.2, 0.25) is 0 Å². The zero-order valence-electron chi connectivity index (χ0n) is 17.3. The van der Waals surface area contributed by atoms with E-state index in [2.05, 4.69) is 98.9 Å². The van der Waals surface area contributed by atoms with Crippen LogP contribution in [0.4, 0.5) is 5.69 Å². The molecular formula is C26H33N. The summed E-state index contributed by atoms with van der Waals surface area (Å²) < 4.78 is 0. The maximum absolute atomic E-state index is 3.08. The van der Waals surface area contributed by atoms with Crippen LogP contribution < -0.4 is 5.32 Å². The van der Waals surface area contributed by atoms with Crippen LogP contribution in [0.15, 0.2) is 72.8 Å². The van der Waals surface area contributed by atoms with Crippen LogP contribution in [0, 0.1) is 0 Å². The maximum atomic E-state index is 3.08. The third kappa shape index (κ3) is 6.94. The molecule has 0 heterocycles. The Bertz CT molecular complexity index is 699. The van der Waals surface area contributed by atoms with Crippen LogP contribution in [-0.4, -0.2) is 7.05 Å². The number of aryl methyl sites for hydroxylation is 3. The summed E-state index contributed by atoms with van der Waals surface area (Å²) >= 11 is 0. The maximum Gasteiger partial charge on any atom is 0.0337 e. The molecule has 1 N–H and O–H groups in total. The number of rotatable bonds is 6. The average molecular weight is 360 g/mol. The molecule has 3 rings (SSSR count). The van der Waals surface area contributed by atoms with Crippen molar-refractivity contribution in [3.63, 3.8) is 0 Å². The third-order valence-corrected chi connectivity index (χ3v) is 4.92. The van der Waals surface area contributed by atoms with Crippen molar-refractivity contribution in [1.82, 2.24) is 0 Å². The van der Waals surface area contributed by atoms with Crippen molar-refractivity contribution in [1.29, 1.82) is 0 Å². The highest BCUT2D eigenvalue weighted by Crippen LogP contribution is 2.12. The van der Waals surface area contributed by atoms with E-state index in [4.69, 9.17) is 0 Å². The highest BCUT2D eigenvalue weighted by atomic mass is 14.8. The minimum absolute atomic E-state index is 1.04. The molecule has 0 bridgehead atoms. The second-order valence-electron chi connectivity index (χ2n) is 6.82. The SMILES string of the molecule is CCc1ccc(Cc2ccc(CC)cc2)cc1.CCc1ccc(NC)cc1. The highest BCUT2D eigenvalue weighted by molar-refractivity contribution is 5.43. The van der Waals surface area contributed by atoms with Gasteiger partial charge in [0.1, 0.15) is 0 Å². The molecule has 0 unspecified atom stereocenters. The molecule has 0 saturated carbocycles. The van der Waals surface area contributed by atoms with Gasteiger partial charge in [-0.25, -0.2) is 0 Å². The molecule has 1 nitrogen and oxygen atoms in total. The quantitative estimate of drug-likeness (QED) is 0.517. The Kier molecular flexibility index (Phi) is 8.64. The van der Waals surface area contributed by atoms with Crippen LogP contribution >= 0.6 is 0 Å². The Hall–Kier alpha value is -2.54. The molecule has 27 heavy (non-hydrogen) atoms. The largest absolute Gasteiger partial charge is 0.388 e. The monoisotopic (exact) mass is 359 g/mol. The lowest BCUT2D eigenvalue weighted by atomic mass is 10.0. The minimum Gasteiger partial charge on any atom is -0.388 e. The van der Waals surface area contributed by atoms with Crippen molar-refractivity contribution < 1.29 is 0 Å². The van der Waals surface area contributed by atoms with E-state index >= 15 is 0 Å². The van der Waals surface area contributed by atoms with E-state index < -0.39 is 0 Å². The van der Waals surface area contributed by atoms with Crippen LogP contribution in [-0.2, 0) is 25.7 Å². The molecule has 0 radical (unpaired) electrons. The predicted octanol–water partition coefficient (Wildman–Crippen LogP) is 6.69. The molecule has 0 saturated heterocycles. The first-order chi connectivity index (χ1) is 13.2. The summed E-state index contributed by atoms with van der Waals surface area (Å²) in [6.45, 7) is 6.55. The van der Waals surface area contributed by atoms with Crippen molar-refractivity contribution in [3.8, 4) is 0 Å². The lowest BCUT2D eigenvalue weighted by Crippen LogP contribution is -1.90. The smallest absolute Gasteiger partial charge is 0.0337 e. The molecular weight excluding hydrogens is 326 g/mol. The van der Waals surface area contributed by atoms with Gasteiger partial charge < -0.3 is 5.32 Å². The molecule has 3 aromatic carbocycles. The summed E-state index contributed by atoms with van der Waals surface area (Å²) in [4.78, 5) is 0. The van der Waals surface area contributed by atoms with Gasteiger partial charge in [-0.15, -0.1) is 0 Å². The van der Waals surface area contributed by atoms with Crippen molar-refractivity contribution >= 4 is 5.69 Å². The summed E-state index contributed by atoms with van der Waals surface area (Å²) in [6, 6.07) is 26.4. The van der Waals surface area contributed by atoms with Crippen molar-refractivity contribution in [2.24, 2.45) is 0 Å². The number of anilines is 1. The van der Waals surface area contributed by atoms with Gasteiger partial charge in [-0.2, -0.15) is 0 Å². The zero-order valence-corrected chi connectivity index (χ0v) is 17.3. The molecule has 0 spiro atoms. The van der Waals surface area contributed by atoms with Gasteiger partial charge in [-0.05, 0) is 65.6 Å². The van der Waals surface area contributed by atoms with Crippen molar-refractivity contribution in [2.75, 3.05) is 12.4 Å². The number of hydrogen-bond donors (Lipinski definition) is 1. The molecule has 0 aliphatic heterocycles. The van der Waals surface area contributed by atoms with E-state index in [-0.39, 0.29) is 0 Å². The molecule has 1 heteroatoms. The first-order valence-corrected chi connectivity index (χ1v) is 10.1. The summed E-state index contributed by atoms with van der Waals surface area (Å²) in [6.07, 6.45) is 4.38. The zero-order chi connectivity index (χ0) is 19.5. The molecule has 3 aromatic rings. The fourth-order valence-corrected chi connectivity index (χ4v) is 2.93.